The van der Waals surface area contributed by atoms with Crippen molar-refractivity contribution in [3.8, 4) is 0 Å². The topological polar surface area (TPSA) is 20.2 Å². The minimum Gasteiger partial charge on any atom is -0.390 e. The number of aliphatic hydroxyl groups is 1. The summed E-state index contributed by atoms with van der Waals surface area (Å²) in [4.78, 5) is 0. The van der Waals surface area contributed by atoms with E-state index in [1.807, 2.05) is 0 Å². The van der Waals surface area contributed by atoms with Gasteiger partial charge < -0.3 is 5.11 Å². The van der Waals surface area contributed by atoms with Gasteiger partial charge in [-0.15, -0.1) is 0 Å². The summed E-state index contributed by atoms with van der Waals surface area (Å²) in [5.74, 6) is 0. The summed E-state index contributed by atoms with van der Waals surface area (Å²) in [5, 5.41) is 8.62. The van der Waals surface area contributed by atoms with E-state index < -0.39 is 12.3 Å². The van der Waals surface area contributed by atoms with Gasteiger partial charge in [0.15, 0.2) is 0 Å². The minimum atomic E-state index is -0.931. The van der Waals surface area contributed by atoms with Gasteiger partial charge in [0.05, 0.1) is 6.10 Å². The fraction of sp³-hybridized carbons (Fsp3) is 1.00. The maximum atomic E-state index is 12.1. The molecule has 0 amide bonds. The largest absolute Gasteiger partial charge is 0.390 e. The zero-order valence-corrected chi connectivity index (χ0v) is 4.10. The predicted octanol–water partition coefficient (Wildman–Crippen LogP) is 0.869. The Bertz CT molecular complexity index is 57.1. The van der Waals surface area contributed by atoms with Crippen LogP contribution in [0.1, 0.15) is 19.3 Å². The van der Waals surface area contributed by atoms with Crippen molar-refractivity contribution in [1.82, 2.24) is 0 Å². The van der Waals surface area contributed by atoms with Crippen LogP contribution in [0.15, 0.2) is 0 Å². The quantitative estimate of drug-likeness (QED) is 0.483. The summed E-state index contributed by atoms with van der Waals surface area (Å²) >= 11 is 0. The third-order valence-corrected chi connectivity index (χ3v) is 1.40. The number of hydrogen-bond donors (Lipinski definition) is 1. The van der Waals surface area contributed by atoms with Crippen molar-refractivity contribution < 1.29 is 9.50 Å². The lowest BCUT2D eigenvalue weighted by Crippen LogP contribution is -2.12. The van der Waals surface area contributed by atoms with E-state index in [2.05, 4.69) is 0 Å². The molecule has 1 N–H and O–H groups in total. The highest BCUT2D eigenvalue weighted by Crippen LogP contribution is 2.20. The van der Waals surface area contributed by atoms with Gasteiger partial charge in [-0.1, -0.05) is 0 Å². The van der Waals surface area contributed by atoms with E-state index in [-0.39, 0.29) is 0 Å². The van der Waals surface area contributed by atoms with Gasteiger partial charge >= 0.3 is 0 Å². The van der Waals surface area contributed by atoms with Gasteiger partial charge in [0.2, 0.25) is 0 Å². The Morgan fingerprint density at radius 2 is 2.14 bits per heavy atom. The predicted molar refractivity (Wildman–Crippen MR) is 24.8 cm³/mol. The second-order valence-corrected chi connectivity index (χ2v) is 2.01. The molecule has 1 aliphatic rings. The molecule has 0 aromatic rings. The molecule has 42 valence electrons. The summed E-state index contributed by atoms with van der Waals surface area (Å²) in [5.41, 5.74) is 0. The first-order valence-electron chi connectivity index (χ1n) is 2.63. The van der Waals surface area contributed by atoms with Crippen LogP contribution in [0.5, 0.6) is 0 Å². The number of alkyl halides is 1. The van der Waals surface area contributed by atoms with Crippen molar-refractivity contribution in [3.05, 3.63) is 0 Å². The summed E-state index contributed by atoms with van der Waals surface area (Å²) in [6.45, 7) is 0. The molecule has 0 spiro atoms. The zero-order valence-electron chi connectivity index (χ0n) is 4.10. The Labute approximate surface area is 42.2 Å². The van der Waals surface area contributed by atoms with Gasteiger partial charge in [-0.2, -0.15) is 0 Å². The highest BCUT2D eigenvalue weighted by atomic mass is 19.1. The second-order valence-electron chi connectivity index (χ2n) is 2.01. The third kappa shape index (κ3) is 0.911. The molecule has 0 saturated heterocycles. The standard InChI is InChI=1S/C5H9FO/c6-4-2-1-3-5(4)7/h4-5,7H,1-3H2. The molecule has 2 atom stereocenters. The maximum absolute atomic E-state index is 12.1. The number of halogens is 1. The Morgan fingerprint density at radius 3 is 2.29 bits per heavy atom. The van der Waals surface area contributed by atoms with Crippen molar-refractivity contribution in [2.75, 3.05) is 0 Å². The normalized spacial score (nSPS) is 42.0. The van der Waals surface area contributed by atoms with Crippen molar-refractivity contribution >= 4 is 0 Å². The van der Waals surface area contributed by atoms with Gasteiger partial charge in [0.1, 0.15) is 6.17 Å². The monoisotopic (exact) mass is 104 g/mol. The van der Waals surface area contributed by atoms with Gasteiger partial charge in [-0.25, -0.2) is 4.39 Å². The van der Waals surface area contributed by atoms with E-state index in [1.54, 1.807) is 0 Å². The van der Waals surface area contributed by atoms with Crippen molar-refractivity contribution in [2.24, 2.45) is 0 Å². The van der Waals surface area contributed by atoms with Crippen LogP contribution >= 0.6 is 0 Å². The lowest BCUT2D eigenvalue weighted by Gasteiger charge is -2.00. The first-order chi connectivity index (χ1) is 3.30. The SMILES string of the molecule is OC1CCCC1F. The van der Waals surface area contributed by atoms with Crippen molar-refractivity contribution in [1.29, 1.82) is 0 Å². The van der Waals surface area contributed by atoms with Crippen LogP contribution in [0.25, 0.3) is 0 Å². The number of rotatable bonds is 0. The molecule has 0 aliphatic heterocycles. The summed E-state index contributed by atoms with van der Waals surface area (Å²) < 4.78 is 12.1. The van der Waals surface area contributed by atoms with Gasteiger partial charge in [0.25, 0.3) is 0 Å². The van der Waals surface area contributed by atoms with Crippen LogP contribution < -0.4 is 0 Å². The smallest absolute Gasteiger partial charge is 0.126 e. The third-order valence-electron chi connectivity index (χ3n) is 1.40. The molecule has 0 radical (unpaired) electrons. The second kappa shape index (κ2) is 1.78. The molecule has 0 bridgehead atoms. The molecule has 0 aromatic heterocycles. The Morgan fingerprint density at radius 1 is 1.43 bits per heavy atom. The van der Waals surface area contributed by atoms with Crippen LogP contribution in [0.4, 0.5) is 4.39 Å². The minimum absolute atomic E-state index is 0.557. The molecule has 1 nitrogen and oxygen atoms in total. The zero-order chi connectivity index (χ0) is 5.28. The molecule has 1 saturated carbocycles. The number of aliphatic hydroxyl groups excluding tert-OH is 1. The van der Waals surface area contributed by atoms with E-state index in [4.69, 9.17) is 5.11 Å². The Balaban J connectivity index is 2.33. The van der Waals surface area contributed by atoms with Crippen LogP contribution in [0.3, 0.4) is 0 Å². The molecular weight excluding hydrogens is 95.1 g/mol. The molecule has 2 heteroatoms. The Hall–Kier alpha value is -0.110. The molecular formula is C5H9FO. The lowest BCUT2D eigenvalue weighted by molar-refractivity contribution is 0.103. The van der Waals surface area contributed by atoms with E-state index in [9.17, 15) is 4.39 Å². The first-order valence-corrected chi connectivity index (χ1v) is 2.63. The van der Waals surface area contributed by atoms with E-state index in [1.165, 1.54) is 0 Å². The van der Waals surface area contributed by atoms with Crippen molar-refractivity contribution in [3.63, 3.8) is 0 Å². The van der Waals surface area contributed by atoms with Crippen LogP contribution in [0.2, 0.25) is 0 Å². The number of hydrogen-bond acceptors (Lipinski definition) is 1. The molecule has 7 heavy (non-hydrogen) atoms. The van der Waals surface area contributed by atoms with Gasteiger partial charge in [0, 0.05) is 0 Å². The molecule has 0 heterocycles. The molecule has 1 fully saturated rings. The van der Waals surface area contributed by atoms with Gasteiger partial charge in [-0.3, -0.25) is 0 Å². The van der Waals surface area contributed by atoms with Crippen LogP contribution in [-0.2, 0) is 0 Å². The van der Waals surface area contributed by atoms with Crippen LogP contribution in [0, 0.1) is 0 Å². The first kappa shape index (κ1) is 5.04. The lowest BCUT2D eigenvalue weighted by atomic mass is 10.3. The van der Waals surface area contributed by atoms with Crippen molar-refractivity contribution in [2.45, 2.75) is 31.5 Å². The summed E-state index contributed by atoms with van der Waals surface area (Å²) in [6, 6.07) is 0. The Kier molecular flexibility index (Phi) is 1.28. The van der Waals surface area contributed by atoms with Gasteiger partial charge in [-0.05, 0) is 19.3 Å². The average Bonchev–Trinajstić information content (AvgIpc) is 1.91. The van der Waals surface area contributed by atoms with E-state index in [0.717, 1.165) is 6.42 Å². The molecule has 1 rings (SSSR count). The molecule has 2 unspecified atom stereocenters. The van der Waals surface area contributed by atoms with E-state index in [0.29, 0.717) is 12.8 Å². The van der Waals surface area contributed by atoms with Crippen LogP contribution in [-0.4, -0.2) is 17.4 Å². The van der Waals surface area contributed by atoms with E-state index >= 15 is 0 Å². The highest BCUT2D eigenvalue weighted by molar-refractivity contribution is 4.74. The summed E-state index contributed by atoms with van der Waals surface area (Å²) in [7, 11) is 0. The highest BCUT2D eigenvalue weighted by Gasteiger charge is 2.23. The molecule has 1 aliphatic carbocycles. The average molecular weight is 104 g/mol. The summed E-state index contributed by atoms with van der Waals surface area (Å²) in [6.07, 6.45) is 0.477. The fourth-order valence-corrected chi connectivity index (χ4v) is 0.895. The maximum Gasteiger partial charge on any atom is 0.126 e. The fourth-order valence-electron chi connectivity index (χ4n) is 0.895. The molecule has 0 aromatic carbocycles.